The van der Waals surface area contributed by atoms with Crippen LogP contribution in [-0.2, 0) is 0 Å². The number of furan rings is 1. The Morgan fingerprint density at radius 2 is 0.960 bits per heavy atom. The van der Waals surface area contributed by atoms with E-state index in [0.717, 1.165) is 71.6 Å². The molecule has 50 heavy (non-hydrogen) atoms. The van der Waals surface area contributed by atoms with Crippen molar-refractivity contribution in [2.45, 2.75) is 0 Å². The van der Waals surface area contributed by atoms with Crippen molar-refractivity contribution in [3.63, 3.8) is 0 Å². The Kier molecular flexibility index (Phi) is 6.42. The molecule has 3 aromatic heterocycles. The van der Waals surface area contributed by atoms with E-state index < -0.39 is 0 Å². The van der Waals surface area contributed by atoms with E-state index in [1.807, 2.05) is 48.5 Å². The predicted octanol–water partition coefficient (Wildman–Crippen LogP) is 11.5. The van der Waals surface area contributed by atoms with E-state index in [9.17, 15) is 0 Å². The molecule has 0 aliphatic heterocycles. The zero-order valence-electron chi connectivity index (χ0n) is 26.9. The monoisotopic (exact) mass is 640 g/mol. The third-order valence-electron chi connectivity index (χ3n) is 9.48. The van der Waals surface area contributed by atoms with Crippen LogP contribution in [0.3, 0.4) is 0 Å². The number of rotatable bonds is 5. The molecule has 10 rings (SSSR count). The van der Waals surface area contributed by atoms with Crippen LogP contribution >= 0.6 is 0 Å². The minimum absolute atomic E-state index is 0.548. The van der Waals surface area contributed by atoms with Crippen LogP contribution in [0.1, 0.15) is 0 Å². The summed E-state index contributed by atoms with van der Waals surface area (Å²) in [5.41, 5.74) is 9.99. The van der Waals surface area contributed by atoms with Gasteiger partial charge in [0.1, 0.15) is 11.2 Å². The maximum Gasteiger partial charge on any atom is 0.238 e. The van der Waals surface area contributed by atoms with Gasteiger partial charge in [-0.25, -0.2) is 4.98 Å². The molecule has 0 aliphatic rings. The lowest BCUT2D eigenvalue weighted by Gasteiger charge is -2.11. The van der Waals surface area contributed by atoms with Crippen LogP contribution in [0.2, 0.25) is 0 Å². The fourth-order valence-corrected chi connectivity index (χ4v) is 7.08. The summed E-state index contributed by atoms with van der Waals surface area (Å²) in [6.07, 6.45) is 0. The molecular weight excluding hydrogens is 613 g/mol. The number of hydrogen-bond donors (Lipinski definition) is 0. The zero-order valence-corrected chi connectivity index (χ0v) is 26.9. The summed E-state index contributed by atoms with van der Waals surface area (Å²) in [5.74, 6) is 1.69. The lowest BCUT2D eigenvalue weighted by atomic mass is 10.0. The first kappa shape index (κ1) is 28.2. The normalized spacial score (nSPS) is 11.6. The summed E-state index contributed by atoms with van der Waals surface area (Å²) in [7, 11) is 0. The molecule has 3 heterocycles. The molecule has 5 heteroatoms. The van der Waals surface area contributed by atoms with Gasteiger partial charge in [-0.1, -0.05) is 133 Å². The first-order valence-corrected chi connectivity index (χ1v) is 16.7. The lowest BCUT2D eigenvalue weighted by molar-refractivity contribution is 0.669. The van der Waals surface area contributed by atoms with Gasteiger partial charge in [-0.05, 0) is 58.7 Å². The molecule has 234 valence electrons. The summed E-state index contributed by atoms with van der Waals surface area (Å²) < 4.78 is 8.75. The van der Waals surface area contributed by atoms with E-state index >= 15 is 0 Å². The molecular formula is C45H28N4O. The van der Waals surface area contributed by atoms with Crippen molar-refractivity contribution < 1.29 is 4.42 Å². The van der Waals surface area contributed by atoms with Crippen molar-refractivity contribution >= 4 is 43.7 Å². The number of benzene rings is 7. The summed E-state index contributed by atoms with van der Waals surface area (Å²) in [6.45, 7) is 0. The van der Waals surface area contributed by atoms with Crippen LogP contribution in [0.4, 0.5) is 0 Å². The van der Waals surface area contributed by atoms with Crippen LogP contribution < -0.4 is 0 Å². The van der Waals surface area contributed by atoms with Crippen LogP contribution in [0.5, 0.6) is 0 Å². The predicted molar refractivity (Wildman–Crippen MR) is 203 cm³/mol. The van der Waals surface area contributed by atoms with Crippen molar-refractivity contribution in [1.82, 2.24) is 19.5 Å². The van der Waals surface area contributed by atoms with E-state index in [1.165, 1.54) is 5.56 Å². The molecule has 0 fully saturated rings. The van der Waals surface area contributed by atoms with Gasteiger partial charge in [0.2, 0.25) is 5.95 Å². The number of hydrogen-bond acceptors (Lipinski definition) is 4. The molecule has 0 bridgehead atoms. The van der Waals surface area contributed by atoms with Gasteiger partial charge in [0.05, 0.1) is 16.6 Å². The van der Waals surface area contributed by atoms with Gasteiger partial charge in [-0.3, -0.25) is 4.57 Å². The number of nitrogens with zero attached hydrogens (tertiary/aromatic N) is 4. The molecule has 0 spiro atoms. The van der Waals surface area contributed by atoms with Crippen LogP contribution in [0, 0.1) is 0 Å². The smallest absolute Gasteiger partial charge is 0.238 e. The van der Waals surface area contributed by atoms with Crippen molar-refractivity contribution in [2.24, 2.45) is 0 Å². The highest BCUT2D eigenvalue weighted by atomic mass is 16.3. The Balaban J connectivity index is 1.21. The molecule has 0 saturated heterocycles. The summed E-state index contributed by atoms with van der Waals surface area (Å²) in [4.78, 5) is 15.4. The third-order valence-corrected chi connectivity index (χ3v) is 9.48. The molecule has 0 saturated carbocycles. The zero-order chi connectivity index (χ0) is 33.0. The number of fused-ring (bicyclic) bond motifs is 6. The number of para-hydroxylation sites is 2. The van der Waals surface area contributed by atoms with Crippen molar-refractivity contribution in [1.29, 1.82) is 0 Å². The van der Waals surface area contributed by atoms with Gasteiger partial charge in [0.25, 0.3) is 0 Å². The maximum absolute atomic E-state index is 6.59. The average molecular weight is 641 g/mol. The summed E-state index contributed by atoms with van der Waals surface area (Å²) in [5, 5.41) is 4.34. The van der Waals surface area contributed by atoms with Gasteiger partial charge < -0.3 is 4.42 Å². The Morgan fingerprint density at radius 3 is 1.70 bits per heavy atom. The molecule has 0 atom stereocenters. The van der Waals surface area contributed by atoms with E-state index in [2.05, 4.69) is 126 Å². The first-order chi connectivity index (χ1) is 24.8. The first-order valence-electron chi connectivity index (χ1n) is 16.7. The minimum atomic E-state index is 0.548. The van der Waals surface area contributed by atoms with Gasteiger partial charge in [0.15, 0.2) is 11.6 Å². The van der Waals surface area contributed by atoms with E-state index in [1.54, 1.807) is 0 Å². The van der Waals surface area contributed by atoms with Crippen LogP contribution in [-0.4, -0.2) is 19.5 Å². The second-order valence-corrected chi connectivity index (χ2v) is 12.5. The van der Waals surface area contributed by atoms with Gasteiger partial charge in [-0.15, -0.1) is 0 Å². The van der Waals surface area contributed by atoms with E-state index in [4.69, 9.17) is 19.4 Å². The average Bonchev–Trinajstić information content (AvgIpc) is 3.74. The van der Waals surface area contributed by atoms with Crippen molar-refractivity contribution in [3.05, 3.63) is 170 Å². The summed E-state index contributed by atoms with van der Waals surface area (Å²) >= 11 is 0. The van der Waals surface area contributed by atoms with Crippen molar-refractivity contribution in [3.8, 4) is 51.0 Å². The second-order valence-electron chi connectivity index (χ2n) is 12.5. The molecule has 7 aromatic carbocycles. The lowest BCUT2D eigenvalue weighted by Crippen LogP contribution is -2.06. The standard InChI is InChI=1S/C45H28N4O/c1-4-13-29(14-5-1)32-23-25-40-37(27-32)34-19-10-11-22-39(34)49(40)45-47-43(31-17-8-3-9-18-31)46-44(48-45)36-21-12-20-35-38-28-33(30-15-6-2-7-16-30)24-26-41(38)50-42(35)36/h1-28H. The maximum atomic E-state index is 6.59. The molecule has 0 unspecified atom stereocenters. The SMILES string of the molecule is c1ccc(-c2ccc3oc4c(-c5nc(-c6ccccc6)nc(-n6c7ccccc7c7cc(-c8ccccc8)ccc76)n5)cccc4c3c2)cc1. The molecule has 0 N–H and O–H groups in total. The molecule has 10 aromatic rings. The van der Waals surface area contributed by atoms with Gasteiger partial charge in [0, 0.05) is 27.1 Å². The molecule has 0 aliphatic carbocycles. The fraction of sp³-hybridized carbons (Fsp3) is 0. The Bertz CT molecular complexity index is 2860. The van der Waals surface area contributed by atoms with Gasteiger partial charge in [-0.2, -0.15) is 9.97 Å². The molecule has 0 amide bonds. The second kappa shape index (κ2) is 11.4. The quantitative estimate of drug-likeness (QED) is 0.188. The van der Waals surface area contributed by atoms with Crippen molar-refractivity contribution in [2.75, 3.05) is 0 Å². The largest absolute Gasteiger partial charge is 0.455 e. The molecule has 0 radical (unpaired) electrons. The Labute approximate surface area is 287 Å². The van der Waals surface area contributed by atoms with Crippen LogP contribution in [0.15, 0.2) is 174 Å². The fourth-order valence-electron chi connectivity index (χ4n) is 7.08. The summed E-state index contributed by atoms with van der Waals surface area (Å²) in [6, 6.07) is 58.6. The number of aromatic nitrogens is 4. The highest BCUT2D eigenvalue weighted by molar-refractivity contribution is 6.11. The molecule has 5 nitrogen and oxygen atoms in total. The third kappa shape index (κ3) is 4.60. The van der Waals surface area contributed by atoms with Crippen LogP contribution in [0.25, 0.3) is 94.7 Å². The Morgan fingerprint density at radius 1 is 0.380 bits per heavy atom. The minimum Gasteiger partial charge on any atom is -0.455 e. The topological polar surface area (TPSA) is 56.7 Å². The Hall–Kier alpha value is -6.85. The van der Waals surface area contributed by atoms with E-state index in [0.29, 0.717) is 17.6 Å². The highest BCUT2D eigenvalue weighted by Crippen LogP contribution is 2.39. The highest BCUT2D eigenvalue weighted by Gasteiger charge is 2.21. The van der Waals surface area contributed by atoms with Gasteiger partial charge >= 0.3 is 0 Å². The van der Waals surface area contributed by atoms with E-state index in [-0.39, 0.29) is 0 Å².